The van der Waals surface area contributed by atoms with E-state index in [1.54, 1.807) is 0 Å². The van der Waals surface area contributed by atoms with Gasteiger partial charge < -0.3 is 14.4 Å². The molecule has 0 aromatic heterocycles. The van der Waals surface area contributed by atoms with Crippen molar-refractivity contribution in [2.75, 3.05) is 11.0 Å². The molecular formula is C24H20N2O3. The van der Waals surface area contributed by atoms with Crippen LogP contribution in [0.1, 0.15) is 0 Å². The quantitative estimate of drug-likeness (QED) is 0.350. The van der Waals surface area contributed by atoms with Crippen molar-refractivity contribution in [2.45, 2.75) is 0 Å². The van der Waals surface area contributed by atoms with Crippen LogP contribution in [-0.4, -0.2) is 0 Å². The van der Waals surface area contributed by atoms with Crippen molar-refractivity contribution in [1.29, 1.82) is 0 Å². The van der Waals surface area contributed by atoms with Crippen molar-refractivity contribution in [1.82, 2.24) is 0 Å². The van der Waals surface area contributed by atoms with Gasteiger partial charge in [0.1, 0.15) is 11.5 Å². The second-order valence-electron chi connectivity index (χ2n) is 6.19. The minimum Gasteiger partial charge on any atom is -0.457 e. The van der Waals surface area contributed by atoms with Crippen LogP contribution in [-0.2, 0) is 0 Å². The Kier molecular flexibility index (Phi) is 5.78. The summed E-state index contributed by atoms with van der Waals surface area (Å²) >= 11 is 0. The molecule has 0 spiro atoms. The van der Waals surface area contributed by atoms with Gasteiger partial charge in [0.05, 0.1) is 11.4 Å². The van der Waals surface area contributed by atoms with Gasteiger partial charge in [-0.3, -0.25) is 0 Å². The molecule has 0 bridgehead atoms. The summed E-state index contributed by atoms with van der Waals surface area (Å²) in [6.07, 6.45) is 0. The van der Waals surface area contributed by atoms with Crippen molar-refractivity contribution >= 4 is 11.4 Å². The standard InChI is InChI=1S/C24H20N2O3/c1-3-9-19(10-4-1)25-28-23-15-7-13-21(17-23)27-22-14-8-16-24(18-22)29-26-20-11-5-2-6-12-20/h1-18,25-26H. The first-order valence-electron chi connectivity index (χ1n) is 9.19. The lowest BCUT2D eigenvalue weighted by molar-refractivity contribution is 0.396. The zero-order valence-electron chi connectivity index (χ0n) is 15.6. The molecule has 0 aliphatic heterocycles. The number of anilines is 2. The molecule has 5 nitrogen and oxygen atoms in total. The predicted octanol–water partition coefficient (Wildman–Crippen LogP) is 6.29. The molecule has 0 radical (unpaired) electrons. The Morgan fingerprint density at radius 2 is 0.828 bits per heavy atom. The molecule has 4 rings (SSSR count). The van der Waals surface area contributed by atoms with Gasteiger partial charge >= 0.3 is 0 Å². The molecule has 4 aromatic carbocycles. The molecule has 4 aromatic rings. The third-order valence-corrected chi connectivity index (χ3v) is 3.97. The number of nitrogens with one attached hydrogen (secondary N) is 2. The topological polar surface area (TPSA) is 51.8 Å². The summed E-state index contributed by atoms with van der Waals surface area (Å²) in [5.41, 5.74) is 7.56. The summed E-state index contributed by atoms with van der Waals surface area (Å²) in [6.45, 7) is 0. The average Bonchev–Trinajstić information content (AvgIpc) is 2.78. The number of hydrogen-bond donors (Lipinski definition) is 2. The van der Waals surface area contributed by atoms with Gasteiger partial charge in [-0.1, -0.05) is 48.5 Å². The van der Waals surface area contributed by atoms with Crippen LogP contribution in [0, 0.1) is 0 Å². The van der Waals surface area contributed by atoms with Gasteiger partial charge in [0.2, 0.25) is 0 Å². The molecule has 0 fully saturated rings. The van der Waals surface area contributed by atoms with Gasteiger partial charge in [0.25, 0.3) is 0 Å². The third-order valence-electron chi connectivity index (χ3n) is 3.97. The van der Waals surface area contributed by atoms with Crippen LogP contribution < -0.4 is 25.4 Å². The van der Waals surface area contributed by atoms with E-state index in [0.717, 1.165) is 11.4 Å². The molecule has 0 saturated heterocycles. The molecular weight excluding hydrogens is 364 g/mol. The van der Waals surface area contributed by atoms with Crippen molar-refractivity contribution in [2.24, 2.45) is 0 Å². The highest BCUT2D eigenvalue weighted by Crippen LogP contribution is 2.28. The van der Waals surface area contributed by atoms with E-state index in [2.05, 4.69) is 11.0 Å². The van der Waals surface area contributed by atoms with Gasteiger partial charge in [-0.25, -0.2) is 11.0 Å². The van der Waals surface area contributed by atoms with Crippen LogP contribution >= 0.6 is 0 Å². The molecule has 0 atom stereocenters. The first-order valence-corrected chi connectivity index (χ1v) is 9.19. The summed E-state index contributed by atoms with van der Waals surface area (Å²) in [4.78, 5) is 11.2. The SMILES string of the molecule is c1ccc(NOc2cccc(Oc3cccc(ONc4ccccc4)c3)c2)cc1. The maximum Gasteiger partial charge on any atom is 0.158 e. The minimum atomic E-state index is 0.643. The van der Waals surface area contributed by atoms with Gasteiger partial charge in [-0.15, -0.1) is 0 Å². The zero-order valence-corrected chi connectivity index (χ0v) is 15.6. The van der Waals surface area contributed by atoms with Crippen LogP contribution in [0.5, 0.6) is 23.0 Å². The Morgan fingerprint density at radius 3 is 1.28 bits per heavy atom. The molecule has 0 aliphatic carbocycles. The number of ether oxygens (including phenoxy) is 1. The summed E-state index contributed by atoms with van der Waals surface area (Å²) in [7, 11) is 0. The molecule has 0 heterocycles. The molecule has 5 heteroatoms. The number of benzene rings is 4. The van der Waals surface area contributed by atoms with E-state index in [1.165, 1.54) is 0 Å². The van der Waals surface area contributed by atoms with Gasteiger partial charge in [0, 0.05) is 12.1 Å². The number of para-hydroxylation sites is 2. The Hall–Kier alpha value is -4.12. The second-order valence-corrected chi connectivity index (χ2v) is 6.19. The van der Waals surface area contributed by atoms with E-state index in [9.17, 15) is 0 Å². The minimum absolute atomic E-state index is 0.643. The van der Waals surface area contributed by atoms with Gasteiger partial charge in [-0.2, -0.15) is 0 Å². The lowest BCUT2D eigenvalue weighted by atomic mass is 10.3. The highest BCUT2D eigenvalue weighted by atomic mass is 16.6. The average molecular weight is 384 g/mol. The Bertz CT molecular complexity index is 955. The summed E-state index contributed by atoms with van der Waals surface area (Å²) < 4.78 is 5.95. The Balaban J connectivity index is 1.37. The van der Waals surface area contributed by atoms with Crippen molar-refractivity contribution in [3.05, 3.63) is 109 Å². The number of rotatable bonds is 8. The first-order chi connectivity index (χ1) is 14.3. The fraction of sp³-hybridized carbons (Fsp3) is 0. The molecule has 2 N–H and O–H groups in total. The van der Waals surface area contributed by atoms with Crippen LogP contribution in [0.3, 0.4) is 0 Å². The van der Waals surface area contributed by atoms with Crippen LogP contribution in [0.4, 0.5) is 11.4 Å². The lowest BCUT2D eigenvalue weighted by Crippen LogP contribution is -2.04. The van der Waals surface area contributed by atoms with E-state index < -0.39 is 0 Å². The molecule has 144 valence electrons. The molecule has 0 unspecified atom stereocenters. The molecule has 0 saturated carbocycles. The lowest BCUT2D eigenvalue weighted by Gasteiger charge is -2.12. The van der Waals surface area contributed by atoms with Crippen LogP contribution in [0.2, 0.25) is 0 Å². The molecule has 0 aliphatic rings. The van der Waals surface area contributed by atoms with Crippen molar-refractivity contribution in [3.8, 4) is 23.0 Å². The van der Waals surface area contributed by atoms with Gasteiger partial charge in [-0.05, 0) is 48.5 Å². The Labute approximate surface area is 169 Å². The second kappa shape index (κ2) is 9.19. The van der Waals surface area contributed by atoms with Crippen LogP contribution in [0.25, 0.3) is 0 Å². The fourth-order valence-corrected chi connectivity index (χ4v) is 2.59. The van der Waals surface area contributed by atoms with E-state index >= 15 is 0 Å². The molecule has 29 heavy (non-hydrogen) atoms. The van der Waals surface area contributed by atoms with E-state index in [1.807, 2.05) is 109 Å². The van der Waals surface area contributed by atoms with Crippen molar-refractivity contribution in [3.63, 3.8) is 0 Å². The highest BCUT2D eigenvalue weighted by molar-refractivity contribution is 5.44. The van der Waals surface area contributed by atoms with Crippen molar-refractivity contribution < 1.29 is 14.4 Å². The maximum absolute atomic E-state index is 5.95. The fourth-order valence-electron chi connectivity index (χ4n) is 2.59. The normalized spacial score (nSPS) is 10.1. The smallest absolute Gasteiger partial charge is 0.158 e. The zero-order chi connectivity index (χ0) is 19.7. The maximum atomic E-state index is 5.95. The molecule has 0 amide bonds. The van der Waals surface area contributed by atoms with Crippen LogP contribution in [0.15, 0.2) is 109 Å². The Morgan fingerprint density at radius 1 is 0.414 bits per heavy atom. The van der Waals surface area contributed by atoms with E-state index in [-0.39, 0.29) is 0 Å². The van der Waals surface area contributed by atoms with E-state index in [4.69, 9.17) is 14.4 Å². The van der Waals surface area contributed by atoms with Gasteiger partial charge in [0.15, 0.2) is 11.5 Å². The largest absolute Gasteiger partial charge is 0.457 e. The monoisotopic (exact) mass is 384 g/mol. The van der Waals surface area contributed by atoms with E-state index in [0.29, 0.717) is 23.0 Å². The summed E-state index contributed by atoms with van der Waals surface area (Å²) in [5, 5.41) is 0. The highest BCUT2D eigenvalue weighted by Gasteiger charge is 2.03. The summed E-state index contributed by atoms with van der Waals surface area (Å²) in [5.74, 6) is 2.60. The first kappa shape index (κ1) is 18.3. The number of hydrogen-bond acceptors (Lipinski definition) is 5. The predicted molar refractivity (Wildman–Crippen MR) is 114 cm³/mol. The summed E-state index contributed by atoms with van der Waals surface area (Å²) in [6, 6.07) is 34.2. The third kappa shape index (κ3) is 5.43.